The lowest BCUT2D eigenvalue weighted by Gasteiger charge is -2.37. The van der Waals surface area contributed by atoms with Gasteiger partial charge in [-0.05, 0) is 122 Å². The molecule has 38 heavy (non-hydrogen) atoms. The van der Waals surface area contributed by atoms with Crippen molar-refractivity contribution in [2.45, 2.75) is 64.2 Å². The van der Waals surface area contributed by atoms with Crippen molar-refractivity contribution in [3.8, 4) is 28.0 Å². The molecule has 0 amide bonds. The highest BCUT2D eigenvalue weighted by Crippen LogP contribution is 2.45. The molecule has 0 aliphatic heterocycles. The number of hydrogen-bond donors (Lipinski definition) is 0. The fourth-order valence-electron chi connectivity index (χ4n) is 6.77. The molecule has 2 fully saturated rings. The topological polar surface area (TPSA) is 9.23 Å². The van der Waals surface area contributed by atoms with Gasteiger partial charge in [0.25, 0.3) is 0 Å². The van der Waals surface area contributed by atoms with Gasteiger partial charge in [0.1, 0.15) is 5.82 Å². The molecule has 3 aromatic carbocycles. The molecule has 2 aliphatic rings. The average molecular weight is 519 g/mol. The number of hydrogen-bond acceptors (Lipinski definition) is 1. The summed E-state index contributed by atoms with van der Waals surface area (Å²) < 4.78 is 48.8. The van der Waals surface area contributed by atoms with Crippen LogP contribution in [-0.2, 0) is 0 Å². The molecule has 0 atom stereocenters. The average Bonchev–Trinajstić information content (AvgIpc) is 2.95. The van der Waals surface area contributed by atoms with Crippen LogP contribution in [0.3, 0.4) is 0 Å². The van der Waals surface area contributed by atoms with E-state index in [0.29, 0.717) is 5.56 Å². The summed E-state index contributed by atoms with van der Waals surface area (Å²) in [4.78, 5) is 0. The van der Waals surface area contributed by atoms with Crippen LogP contribution in [0, 0.1) is 35.2 Å². The number of halogens is 3. The predicted octanol–water partition coefficient (Wildman–Crippen LogP) is 10.1. The quantitative estimate of drug-likeness (QED) is 0.295. The normalized spacial score (nSPS) is 24.0. The lowest BCUT2D eigenvalue weighted by molar-refractivity contribution is 0.171. The summed E-state index contributed by atoms with van der Waals surface area (Å²) in [6.07, 6.45) is 14.4. The third-order valence-electron chi connectivity index (χ3n) is 8.96. The van der Waals surface area contributed by atoms with Crippen LogP contribution in [0.1, 0.15) is 69.8 Å². The Balaban J connectivity index is 1.23. The fraction of sp³-hybridized carbons (Fsp3) is 0.412. The van der Waals surface area contributed by atoms with Crippen LogP contribution < -0.4 is 4.74 Å². The fourth-order valence-corrected chi connectivity index (χ4v) is 6.77. The highest BCUT2D eigenvalue weighted by atomic mass is 19.2. The molecule has 5 rings (SSSR count). The first-order valence-electron chi connectivity index (χ1n) is 14.0. The molecule has 0 bridgehead atoms. The minimum absolute atomic E-state index is 0.126. The van der Waals surface area contributed by atoms with Gasteiger partial charge in [-0.3, -0.25) is 0 Å². The summed E-state index contributed by atoms with van der Waals surface area (Å²) >= 11 is 0. The van der Waals surface area contributed by atoms with E-state index in [0.717, 1.165) is 47.3 Å². The molecule has 0 heterocycles. The van der Waals surface area contributed by atoms with E-state index >= 15 is 4.39 Å². The van der Waals surface area contributed by atoms with Gasteiger partial charge in [-0.15, -0.1) is 0 Å². The molecule has 0 spiro atoms. The van der Waals surface area contributed by atoms with Crippen LogP contribution in [-0.4, -0.2) is 7.11 Å². The smallest absolute Gasteiger partial charge is 0.201 e. The first-order chi connectivity index (χ1) is 18.5. The molecular formula is C34H37F3O. The van der Waals surface area contributed by atoms with E-state index in [2.05, 4.69) is 19.1 Å². The Morgan fingerprint density at radius 1 is 0.684 bits per heavy atom. The van der Waals surface area contributed by atoms with Crippen molar-refractivity contribution in [1.82, 2.24) is 0 Å². The molecule has 0 unspecified atom stereocenters. The second-order valence-corrected chi connectivity index (χ2v) is 11.1. The van der Waals surface area contributed by atoms with E-state index in [1.807, 2.05) is 24.3 Å². The van der Waals surface area contributed by atoms with Crippen molar-refractivity contribution in [2.24, 2.45) is 17.8 Å². The highest BCUT2D eigenvalue weighted by molar-refractivity contribution is 5.71. The van der Waals surface area contributed by atoms with Crippen molar-refractivity contribution < 1.29 is 17.9 Å². The minimum atomic E-state index is -1.00. The van der Waals surface area contributed by atoms with Crippen molar-refractivity contribution in [1.29, 1.82) is 0 Å². The van der Waals surface area contributed by atoms with Crippen molar-refractivity contribution in [3.05, 3.63) is 89.8 Å². The van der Waals surface area contributed by atoms with Gasteiger partial charge >= 0.3 is 0 Å². The first-order valence-corrected chi connectivity index (χ1v) is 14.0. The maximum absolute atomic E-state index is 15.3. The molecule has 200 valence electrons. The molecule has 0 saturated heterocycles. The second kappa shape index (κ2) is 11.8. The number of rotatable bonds is 6. The maximum Gasteiger partial charge on any atom is 0.201 e. The number of allylic oxidation sites excluding steroid dienone is 2. The van der Waals surface area contributed by atoms with E-state index in [1.54, 1.807) is 18.2 Å². The zero-order valence-electron chi connectivity index (χ0n) is 22.4. The Kier molecular flexibility index (Phi) is 8.26. The van der Waals surface area contributed by atoms with E-state index in [-0.39, 0.29) is 23.0 Å². The summed E-state index contributed by atoms with van der Waals surface area (Å²) in [7, 11) is 1.31. The molecule has 1 nitrogen and oxygen atoms in total. The number of methoxy groups -OCH3 is 1. The van der Waals surface area contributed by atoms with Crippen LogP contribution in [0.4, 0.5) is 13.2 Å². The lowest BCUT2D eigenvalue weighted by Crippen LogP contribution is -2.25. The van der Waals surface area contributed by atoms with Gasteiger partial charge in [-0.25, -0.2) is 8.78 Å². The summed E-state index contributed by atoms with van der Waals surface area (Å²) in [6, 6.07) is 15.6. The largest absolute Gasteiger partial charge is 0.494 e. The Morgan fingerprint density at radius 2 is 1.29 bits per heavy atom. The monoisotopic (exact) mass is 518 g/mol. The Bertz CT molecular complexity index is 1260. The van der Waals surface area contributed by atoms with E-state index in [9.17, 15) is 8.78 Å². The van der Waals surface area contributed by atoms with Crippen molar-refractivity contribution >= 4 is 0 Å². The molecule has 2 aliphatic carbocycles. The summed E-state index contributed by atoms with van der Waals surface area (Å²) in [5.41, 5.74) is 3.17. The van der Waals surface area contributed by atoms with Crippen LogP contribution >= 0.6 is 0 Å². The maximum atomic E-state index is 15.3. The summed E-state index contributed by atoms with van der Waals surface area (Å²) in [5.74, 6) is 0.474. The molecule has 3 aromatic rings. The van der Waals surface area contributed by atoms with Gasteiger partial charge < -0.3 is 4.74 Å². The Labute approximate surface area is 224 Å². The van der Waals surface area contributed by atoms with Crippen molar-refractivity contribution in [3.63, 3.8) is 0 Å². The molecule has 0 aromatic heterocycles. The molecule has 0 N–H and O–H groups in total. The predicted molar refractivity (Wildman–Crippen MR) is 149 cm³/mol. The standard InChI is InChI=1S/C34H37F3O/c1-3-4-22-5-7-23(8-6-22)24-9-13-26(14-10-24)29-18-17-28(21-31(29)35)25-11-15-27(16-12-25)30-19-20-32(38-2)34(37)33(30)36/h3-4,11-12,15-24,26H,5-10,13-14H2,1-2H3. The Hall–Kier alpha value is -3.01. The molecular weight excluding hydrogens is 481 g/mol. The van der Waals surface area contributed by atoms with Crippen LogP contribution in [0.2, 0.25) is 0 Å². The minimum Gasteiger partial charge on any atom is -0.494 e. The lowest BCUT2D eigenvalue weighted by atomic mass is 9.68. The van der Waals surface area contributed by atoms with Gasteiger partial charge in [-0.2, -0.15) is 4.39 Å². The van der Waals surface area contributed by atoms with Gasteiger partial charge in [0, 0.05) is 5.56 Å². The van der Waals surface area contributed by atoms with Gasteiger partial charge in [0.05, 0.1) is 7.11 Å². The van der Waals surface area contributed by atoms with E-state index < -0.39 is 11.6 Å². The zero-order chi connectivity index (χ0) is 26.6. The third-order valence-corrected chi connectivity index (χ3v) is 8.96. The SMILES string of the molecule is CC=CC1CCC(C2CCC(c3ccc(-c4ccc(-c5ccc(OC)c(F)c5F)cc4)cc3F)CC2)CC1. The van der Waals surface area contributed by atoms with E-state index in [1.165, 1.54) is 57.8 Å². The highest BCUT2D eigenvalue weighted by Gasteiger charge is 2.31. The first kappa shape index (κ1) is 26.6. The van der Waals surface area contributed by atoms with Crippen LogP contribution in [0.15, 0.2) is 66.7 Å². The third kappa shape index (κ3) is 5.55. The van der Waals surface area contributed by atoms with Crippen LogP contribution in [0.5, 0.6) is 5.75 Å². The van der Waals surface area contributed by atoms with Gasteiger partial charge in [-0.1, -0.05) is 48.6 Å². The molecule has 2 saturated carbocycles. The second-order valence-electron chi connectivity index (χ2n) is 11.1. The summed E-state index contributed by atoms with van der Waals surface area (Å²) in [5, 5.41) is 0. The molecule has 4 heteroatoms. The van der Waals surface area contributed by atoms with E-state index in [4.69, 9.17) is 4.74 Å². The van der Waals surface area contributed by atoms with Crippen LogP contribution in [0.25, 0.3) is 22.3 Å². The zero-order valence-corrected chi connectivity index (χ0v) is 22.4. The van der Waals surface area contributed by atoms with Crippen molar-refractivity contribution in [2.75, 3.05) is 7.11 Å². The number of ether oxygens (including phenoxy) is 1. The molecule has 0 radical (unpaired) electrons. The Morgan fingerprint density at radius 3 is 1.89 bits per heavy atom. The van der Waals surface area contributed by atoms with Gasteiger partial charge in [0.2, 0.25) is 5.82 Å². The summed E-state index contributed by atoms with van der Waals surface area (Å²) in [6.45, 7) is 2.12. The van der Waals surface area contributed by atoms with Gasteiger partial charge in [0.15, 0.2) is 11.6 Å². The number of benzene rings is 3.